The van der Waals surface area contributed by atoms with E-state index in [1.165, 1.54) is 4.90 Å². The topological polar surface area (TPSA) is 24.9 Å². The molecule has 100 valence electrons. The molecule has 2 nitrogen and oxygen atoms in total. The van der Waals surface area contributed by atoms with Gasteiger partial charge in [0.2, 0.25) is 0 Å². The van der Waals surface area contributed by atoms with E-state index in [-0.39, 0.29) is 0 Å². The molecular weight excluding hydrogens is 320 g/mol. The first-order valence-electron chi connectivity index (χ1n) is 6.32. The molecule has 0 aliphatic rings. The molecule has 0 saturated heterocycles. The number of aromatic nitrogens is 1. The molecule has 0 aliphatic carbocycles. The predicted octanol–water partition coefficient (Wildman–Crippen LogP) is 4.67. The fraction of sp³-hybridized carbons (Fsp3) is 0.267. The lowest BCUT2D eigenvalue weighted by atomic mass is 10.2. The average molecular weight is 337 g/mol. The number of hydrogen-bond acceptors (Lipinski definition) is 3. The molecule has 0 amide bonds. The van der Waals surface area contributed by atoms with Gasteiger partial charge in [-0.15, -0.1) is 0 Å². The summed E-state index contributed by atoms with van der Waals surface area (Å²) in [5.41, 5.74) is 1.08. The Morgan fingerprint density at radius 2 is 2.05 bits per heavy atom. The van der Waals surface area contributed by atoms with Crippen LogP contribution in [0.5, 0.6) is 0 Å². The molecule has 0 saturated carbocycles. The van der Waals surface area contributed by atoms with Gasteiger partial charge in [-0.1, -0.05) is 30.8 Å². The number of halogens is 1. The van der Waals surface area contributed by atoms with Crippen LogP contribution in [0.1, 0.15) is 25.6 Å². The molecule has 1 aromatic carbocycles. The number of pyridine rings is 1. The van der Waals surface area contributed by atoms with Crippen molar-refractivity contribution in [3.8, 4) is 0 Å². The highest BCUT2D eigenvalue weighted by Gasteiger charge is 2.06. The first-order chi connectivity index (χ1) is 9.20. The molecule has 4 heteroatoms. The third-order valence-electron chi connectivity index (χ3n) is 2.78. The molecule has 0 spiro atoms. The minimum absolute atomic E-state index is 0.299. The summed E-state index contributed by atoms with van der Waals surface area (Å²) < 4.78 is 1.12. The smallest absolute Gasteiger partial charge is 0.0571 e. The summed E-state index contributed by atoms with van der Waals surface area (Å²) in [5, 5.41) is 3.36. The zero-order valence-electron chi connectivity index (χ0n) is 11.1. The standard InChI is InChI=1S/C15H17BrN2S/c1-3-17-11(2)14-9-8-12(10-18-14)19-15-7-5-4-6-13(15)16/h4-11,17H,3H2,1-2H3. The van der Waals surface area contributed by atoms with Crippen molar-refractivity contribution in [1.29, 1.82) is 0 Å². The fourth-order valence-corrected chi connectivity index (χ4v) is 3.11. The molecule has 1 aromatic heterocycles. The highest BCUT2D eigenvalue weighted by molar-refractivity contribution is 9.10. The van der Waals surface area contributed by atoms with Gasteiger partial charge in [-0.05, 0) is 53.7 Å². The monoisotopic (exact) mass is 336 g/mol. The van der Waals surface area contributed by atoms with E-state index in [0.717, 1.165) is 21.6 Å². The Labute approximate surface area is 127 Å². The van der Waals surface area contributed by atoms with Crippen LogP contribution in [0.2, 0.25) is 0 Å². The summed E-state index contributed by atoms with van der Waals surface area (Å²) in [5.74, 6) is 0. The fourth-order valence-electron chi connectivity index (χ4n) is 1.77. The van der Waals surface area contributed by atoms with E-state index >= 15 is 0 Å². The van der Waals surface area contributed by atoms with E-state index in [2.05, 4.69) is 64.3 Å². The van der Waals surface area contributed by atoms with E-state index in [0.29, 0.717) is 6.04 Å². The van der Waals surface area contributed by atoms with Crippen LogP contribution in [0.4, 0.5) is 0 Å². The molecular formula is C15H17BrN2S. The minimum Gasteiger partial charge on any atom is -0.309 e. The van der Waals surface area contributed by atoms with Gasteiger partial charge in [-0.2, -0.15) is 0 Å². The van der Waals surface area contributed by atoms with Crippen molar-refractivity contribution in [3.63, 3.8) is 0 Å². The van der Waals surface area contributed by atoms with Crippen LogP contribution in [0.3, 0.4) is 0 Å². The van der Waals surface area contributed by atoms with Gasteiger partial charge in [0, 0.05) is 26.5 Å². The summed E-state index contributed by atoms with van der Waals surface area (Å²) in [7, 11) is 0. The van der Waals surface area contributed by atoms with E-state index in [1.54, 1.807) is 11.8 Å². The summed E-state index contributed by atoms with van der Waals surface area (Å²) in [6.07, 6.45) is 1.94. The van der Waals surface area contributed by atoms with E-state index < -0.39 is 0 Å². The second-order valence-corrected chi connectivity index (χ2v) is 6.20. The number of hydrogen-bond donors (Lipinski definition) is 1. The molecule has 1 unspecified atom stereocenters. The Bertz CT molecular complexity index is 528. The molecule has 0 bridgehead atoms. The lowest BCUT2D eigenvalue weighted by molar-refractivity contribution is 0.582. The zero-order valence-corrected chi connectivity index (χ0v) is 13.5. The van der Waals surface area contributed by atoms with E-state index in [4.69, 9.17) is 0 Å². The van der Waals surface area contributed by atoms with E-state index in [1.807, 2.05) is 18.3 Å². The van der Waals surface area contributed by atoms with Gasteiger partial charge in [0.25, 0.3) is 0 Å². The lowest BCUT2D eigenvalue weighted by Gasteiger charge is -2.12. The number of rotatable bonds is 5. The van der Waals surface area contributed by atoms with Crippen molar-refractivity contribution < 1.29 is 0 Å². The van der Waals surface area contributed by atoms with Crippen LogP contribution in [0, 0.1) is 0 Å². The second kappa shape index (κ2) is 7.08. The van der Waals surface area contributed by atoms with Crippen LogP contribution in [-0.4, -0.2) is 11.5 Å². The van der Waals surface area contributed by atoms with Gasteiger partial charge in [-0.25, -0.2) is 0 Å². The van der Waals surface area contributed by atoms with Crippen molar-refractivity contribution in [2.75, 3.05) is 6.54 Å². The first-order valence-corrected chi connectivity index (χ1v) is 7.93. The molecule has 1 heterocycles. The van der Waals surface area contributed by atoms with Crippen LogP contribution in [0.15, 0.2) is 56.9 Å². The maximum Gasteiger partial charge on any atom is 0.0571 e. The Morgan fingerprint density at radius 3 is 2.68 bits per heavy atom. The molecule has 2 aromatic rings. The van der Waals surface area contributed by atoms with Crippen molar-refractivity contribution in [3.05, 3.63) is 52.8 Å². The van der Waals surface area contributed by atoms with Gasteiger partial charge in [0.15, 0.2) is 0 Å². The Hall–Kier alpha value is -0.840. The number of benzene rings is 1. The maximum absolute atomic E-state index is 4.52. The molecule has 1 atom stereocenters. The average Bonchev–Trinajstić information content (AvgIpc) is 2.42. The van der Waals surface area contributed by atoms with Crippen LogP contribution in [-0.2, 0) is 0 Å². The summed E-state index contributed by atoms with van der Waals surface area (Å²) in [6.45, 7) is 5.19. The largest absolute Gasteiger partial charge is 0.309 e. The Kier molecular flexibility index (Phi) is 5.43. The molecule has 0 aliphatic heterocycles. The van der Waals surface area contributed by atoms with Crippen molar-refractivity contribution >= 4 is 27.7 Å². The SMILES string of the molecule is CCNC(C)c1ccc(Sc2ccccc2Br)cn1. The van der Waals surface area contributed by atoms with Crippen LogP contribution >= 0.6 is 27.7 Å². The highest BCUT2D eigenvalue weighted by atomic mass is 79.9. The molecule has 1 N–H and O–H groups in total. The Morgan fingerprint density at radius 1 is 1.26 bits per heavy atom. The van der Waals surface area contributed by atoms with Crippen molar-refractivity contribution in [2.45, 2.75) is 29.7 Å². The van der Waals surface area contributed by atoms with Gasteiger partial charge in [0.1, 0.15) is 0 Å². The van der Waals surface area contributed by atoms with Crippen LogP contribution in [0.25, 0.3) is 0 Å². The normalized spacial score (nSPS) is 12.4. The molecule has 0 radical (unpaired) electrons. The third kappa shape index (κ3) is 4.06. The summed E-state index contributed by atoms with van der Waals surface area (Å²) in [6, 6.07) is 12.7. The van der Waals surface area contributed by atoms with Crippen molar-refractivity contribution in [2.24, 2.45) is 0 Å². The van der Waals surface area contributed by atoms with Gasteiger partial charge in [-0.3, -0.25) is 4.98 Å². The van der Waals surface area contributed by atoms with Gasteiger partial charge >= 0.3 is 0 Å². The first kappa shape index (κ1) is 14.6. The molecule has 2 rings (SSSR count). The van der Waals surface area contributed by atoms with Crippen molar-refractivity contribution in [1.82, 2.24) is 10.3 Å². The lowest BCUT2D eigenvalue weighted by Crippen LogP contribution is -2.18. The molecule has 0 fully saturated rings. The van der Waals surface area contributed by atoms with Gasteiger partial charge in [0.05, 0.1) is 5.69 Å². The summed E-state index contributed by atoms with van der Waals surface area (Å²) >= 11 is 5.28. The number of nitrogens with zero attached hydrogens (tertiary/aromatic N) is 1. The Balaban J connectivity index is 2.09. The maximum atomic E-state index is 4.52. The van der Waals surface area contributed by atoms with Gasteiger partial charge < -0.3 is 5.32 Å². The number of nitrogens with one attached hydrogen (secondary N) is 1. The predicted molar refractivity (Wildman–Crippen MR) is 84.6 cm³/mol. The molecule has 19 heavy (non-hydrogen) atoms. The van der Waals surface area contributed by atoms with E-state index in [9.17, 15) is 0 Å². The minimum atomic E-state index is 0.299. The highest BCUT2D eigenvalue weighted by Crippen LogP contribution is 2.33. The quantitative estimate of drug-likeness (QED) is 0.858. The zero-order chi connectivity index (χ0) is 13.7. The third-order valence-corrected chi connectivity index (χ3v) is 4.78. The second-order valence-electron chi connectivity index (χ2n) is 4.23. The van der Waals surface area contributed by atoms with Crippen LogP contribution < -0.4 is 5.32 Å². The summed E-state index contributed by atoms with van der Waals surface area (Å²) in [4.78, 5) is 6.88.